The van der Waals surface area contributed by atoms with Gasteiger partial charge in [0.25, 0.3) is 0 Å². The van der Waals surface area contributed by atoms with Gasteiger partial charge in [-0.15, -0.1) is 0 Å². The molecule has 0 bridgehead atoms. The van der Waals surface area contributed by atoms with E-state index in [1.807, 2.05) is 6.07 Å². The second-order valence-electron chi connectivity index (χ2n) is 4.85. The molecule has 6 heteroatoms. The van der Waals surface area contributed by atoms with E-state index in [0.717, 1.165) is 16.4 Å². The molecule has 0 unspecified atom stereocenters. The van der Waals surface area contributed by atoms with E-state index in [1.54, 1.807) is 32.4 Å². The van der Waals surface area contributed by atoms with Crippen LogP contribution in [0.2, 0.25) is 0 Å². The summed E-state index contributed by atoms with van der Waals surface area (Å²) >= 11 is 0. The van der Waals surface area contributed by atoms with Gasteiger partial charge in [-0.1, -0.05) is 6.07 Å². The van der Waals surface area contributed by atoms with E-state index in [2.05, 4.69) is 9.97 Å². The number of esters is 1. The number of carbonyl (C=O) groups is 1. The second-order valence-corrected chi connectivity index (χ2v) is 4.85. The molecular formula is C16H16N2O4. The normalized spacial score (nSPS) is 11.2. The van der Waals surface area contributed by atoms with E-state index >= 15 is 0 Å². The maximum atomic E-state index is 12.1. The molecule has 0 aliphatic heterocycles. The van der Waals surface area contributed by atoms with Crippen LogP contribution in [0.3, 0.4) is 0 Å². The number of benzene rings is 1. The summed E-state index contributed by atoms with van der Waals surface area (Å²) in [4.78, 5) is 19.5. The molecule has 2 heterocycles. The lowest BCUT2D eigenvalue weighted by Crippen LogP contribution is -2.11. The first-order valence-electron chi connectivity index (χ1n) is 6.94. The van der Waals surface area contributed by atoms with Crippen LogP contribution in [0.15, 0.2) is 24.4 Å². The third-order valence-corrected chi connectivity index (χ3v) is 3.50. The SMILES string of the molecule is CCOC(=O)c1ncc2[nH]c3cccc(O)c3c2c1COC. The van der Waals surface area contributed by atoms with Gasteiger partial charge < -0.3 is 19.6 Å². The van der Waals surface area contributed by atoms with E-state index in [4.69, 9.17) is 9.47 Å². The average molecular weight is 300 g/mol. The number of phenols is 1. The van der Waals surface area contributed by atoms with Crippen LogP contribution in [0.25, 0.3) is 21.8 Å². The van der Waals surface area contributed by atoms with E-state index in [1.165, 1.54) is 0 Å². The molecule has 22 heavy (non-hydrogen) atoms. The van der Waals surface area contributed by atoms with Crippen LogP contribution >= 0.6 is 0 Å². The Kier molecular flexibility index (Phi) is 3.68. The molecule has 3 rings (SSSR count). The molecule has 0 aliphatic carbocycles. The molecule has 3 aromatic rings. The Bertz CT molecular complexity index is 854. The predicted molar refractivity (Wildman–Crippen MR) is 81.9 cm³/mol. The van der Waals surface area contributed by atoms with Crippen LogP contribution in [0.1, 0.15) is 23.0 Å². The number of fused-ring (bicyclic) bond motifs is 3. The standard InChI is InChI=1S/C16H16N2O4/c1-3-22-16(20)15-9(8-21-2)13-11(7-17-15)18-10-5-4-6-12(19)14(10)13/h4-7,18-19H,3,8H2,1-2H3. The Morgan fingerprint density at radius 3 is 2.86 bits per heavy atom. The van der Waals surface area contributed by atoms with Crippen molar-refractivity contribution >= 4 is 27.8 Å². The van der Waals surface area contributed by atoms with Gasteiger partial charge in [0.15, 0.2) is 5.69 Å². The molecule has 0 atom stereocenters. The third kappa shape index (κ3) is 2.17. The fraction of sp³-hybridized carbons (Fsp3) is 0.250. The smallest absolute Gasteiger partial charge is 0.357 e. The van der Waals surface area contributed by atoms with Crippen molar-refractivity contribution in [3.05, 3.63) is 35.7 Å². The summed E-state index contributed by atoms with van der Waals surface area (Å²) in [6, 6.07) is 5.22. The van der Waals surface area contributed by atoms with Gasteiger partial charge in [-0.3, -0.25) is 0 Å². The minimum absolute atomic E-state index is 0.141. The molecule has 2 aromatic heterocycles. The van der Waals surface area contributed by atoms with Gasteiger partial charge >= 0.3 is 5.97 Å². The molecule has 0 aliphatic rings. The van der Waals surface area contributed by atoms with E-state index in [0.29, 0.717) is 10.9 Å². The molecule has 0 radical (unpaired) electrons. The molecular weight excluding hydrogens is 284 g/mol. The van der Waals surface area contributed by atoms with Gasteiger partial charge in [0.05, 0.1) is 30.4 Å². The highest BCUT2D eigenvalue weighted by Gasteiger charge is 2.21. The Hall–Kier alpha value is -2.60. The van der Waals surface area contributed by atoms with E-state index in [9.17, 15) is 9.90 Å². The number of rotatable bonds is 4. The van der Waals surface area contributed by atoms with Gasteiger partial charge in [-0.2, -0.15) is 0 Å². The van der Waals surface area contributed by atoms with Gasteiger partial charge in [-0.25, -0.2) is 9.78 Å². The lowest BCUT2D eigenvalue weighted by atomic mass is 10.1. The van der Waals surface area contributed by atoms with Crippen LogP contribution in [-0.4, -0.2) is 34.8 Å². The Balaban J connectivity index is 2.37. The number of aromatic amines is 1. The lowest BCUT2D eigenvalue weighted by molar-refractivity contribution is 0.0514. The molecule has 114 valence electrons. The van der Waals surface area contributed by atoms with Crippen molar-refractivity contribution in [2.75, 3.05) is 13.7 Å². The summed E-state index contributed by atoms with van der Waals surface area (Å²) in [5, 5.41) is 11.6. The number of aromatic hydroxyl groups is 1. The number of hydrogen-bond acceptors (Lipinski definition) is 5. The molecule has 0 amide bonds. The summed E-state index contributed by atoms with van der Waals surface area (Å²) in [5.41, 5.74) is 2.32. The van der Waals surface area contributed by atoms with Crippen LogP contribution < -0.4 is 0 Å². The summed E-state index contributed by atoms with van der Waals surface area (Å²) < 4.78 is 10.3. The van der Waals surface area contributed by atoms with Crippen molar-refractivity contribution in [3.63, 3.8) is 0 Å². The molecule has 6 nitrogen and oxygen atoms in total. The fourth-order valence-electron chi connectivity index (χ4n) is 2.65. The van der Waals surface area contributed by atoms with Gasteiger partial charge in [0.1, 0.15) is 5.75 Å². The highest BCUT2D eigenvalue weighted by molar-refractivity contribution is 6.13. The number of nitrogens with one attached hydrogen (secondary N) is 1. The molecule has 1 aromatic carbocycles. The fourth-order valence-corrected chi connectivity index (χ4v) is 2.65. The highest BCUT2D eigenvalue weighted by atomic mass is 16.5. The summed E-state index contributed by atoms with van der Waals surface area (Å²) in [6.45, 7) is 2.20. The quantitative estimate of drug-likeness (QED) is 0.724. The molecule has 0 fully saturated rings. The number of methoxy groups -OCH3 is 1. The number of nitrogens with zero attached hydrogens (tertiary/aromatic N) is 1. The number of pyridine rings is 1. The van der Waals surface area contributed by atoms with Crippen molar-refractivity contribution in [2.24, 2.45) is 0 Å². The second kappa shape index (κ2) is 5.65. The van der Waals surface area contributed by atoms with E-state index < -0.39 is 5.97 Å². The number of aromatic nitrogens is 2. The van der Waals surface area contributed by atoms with Crippen molar-refractivity contribution in [1.29, 1.82) is 0 Å². The molecule has 0 saturated heterocycles. The Morgan fingerprint density at radius 2 is 2.14 bits per heavy atom. The zero-order chi connectivity index (χ0) is 15.7. The van der Waals surface area contributed by atoms with Crippen LogP contribution in [0.5, 0.6) is 5.75 Å². The van der Waals surface area contributed by atoms with Gasteiger partial charge in [-0.05, 0) is 19.1 Å². The van der Waals surface area contributed by atoms with Crippen molar-refractivity contribution in [1.82, 2.24) is 9.97 Å². The molecule has 2 N–H and O–H groups in total. The zero-order valence-corrected chi connectivity index (χ0v) is 12.3. The molecule has 0 saturated carbocycles. The first-order chi connectivity index (χ1) is 10.7. The number of hydrogen-bond donors (Lipinski definition) is 2. The minimum Gasteiger partial charge on any atom is -0.507 e. The maximum Gasteiger partial charge on any atom is 0.357 e. The van der Waals surface area contributed by atoms with Crippen LogP contribution in [-0.2, 0) is 16.1 Å². The predicted octanol–water partition coefficient (Wildman–Crippen LogP) is 2.74. The first-order valence-corrected chi connectivity index (χ1v) is 6.94. The highest BCUT2D eigenvalue weighted by Crippen LogP contribution is 2.35. The van der Waals surface area contributed by atoms with Crippen molar-refractivity contribution in [2.45, 2.75) is 13.5 Å². The number of carbonyl (C=O) groups excluding carboxylic acids is 1. The largest absolute Gasteiger partial charge is 0.507 e. The first kappa shape index (κ1) is 14.3. The third-order valence-electron chi connectivity index (χ3n) is 3.50. The van der Waals surface area contributed by atoms with Crippen molar-refractivity contribution in [3.8, 4) is 5.75 Å². The zero-order valence-electron chi connectivity index (χ0n) is 12.3. The Morgan fingerprint density at radius 1 is 1.32 bits per heavy atom. The lowest BCUT2D eigenvalue weighted by Gasteiger charge is -2.09. The summed E-state index contributed by atoms with van der Waals surface area (Å²) in [5.74, 6) is -0.358. The minimum atomic E-state index is -0.499. The van der Waals surface area contributed by atoms with Gasteiger partial charge in [0, 0.05) is 23.4 Å². The van der Waals surface area contributed by atoms with Crippen LogP contribution in [0, 0.1) is 0 Å². The summed E-state index contributed by atoms with van der Waals surface area (Å²) in [7, 11) is 1.54. The summed E-state index contributed by atoms with van der Waals surface area (Å²) in [6.07, 6.45) is 1.57. The number of phenolic OH excluding ortho intramolecular Hbond substituents is 1. The van der Waals surface area contributed by atoms with Gasteiger partial charge in [0.2, 0.25) is 0 Å². The Labute approximate surface area is 126 Å². The van der Waals surface area contributed by atoms with E-state index in [-0.39, 0.29) is 24.7 Å². The molecule has 0 spiro atoms. The van der Waals surface area contributed by atoms with Crippen molar-refractivity contribution < 1.29 is 19.4 Å². The number of ether oxygens (including phenoxy) is 2. The number of H-pyrrole nitrogens is 1. The topological polar surface area (TPSA) is 84.4 Å². The monoisotopic (exact) mass is 300 g/mol. The maximum absolute atomic E-state index is 12.1. The average Bonchev–Trinajstić information content (AvgIpc) is 2.88. The van der Waals surface area contributed by atoms with Crippen LogP contribution in [0.4, 0.5) is 0 Å².